The molecule has 8 heteroatoms. The highest BCUT2D eigenvalue weighted by atomic mass is 19.1. The Morgan fingerprint density at radius 2 is 1.92 bits per heavy atom. The van der Waals surface area contributed by atoms with E-state index in [1.54, 1.807) is 47.3 Å². The summed E-state index contributed by atoms with van der Waals surface area (Å²) in [5.41, 5.74) is 8.05. The normalized spacial score (nSPS) is 10.8. The van der Waals surface area contributed by atoms with Crippen LogP contribution < -0.4 is 5.73 Å². The number of nitrogens with zero attached hydrogens (tertiary/aromatic N) is 6. The van der Waals surface area contributed by atoms with Crippen molar-refractivity contribution in [2.24, 2.45) is 0 Å². The van der Waals surface area contributed by atoms with Crippen molar-refractivity contribution in [1.29, 1.82) is 5.26 Å². The number of nitrogens with two attached hydrogens (primary N) is 1. The highest BCUT2D eigenvalue weighted by Gasteiger charge is 2.15. The fourth-order valence-electron chi connectivity index (χ4n) is 2.70. The summed E-state index contributed by atoms with van der Waals surface area (Å²) < 4.78 is 15.5. The molecule has 0 saturated carbocycles. The number of halogens is 1. The first-order chi connectivity index (χ1) is 12.7. The van der Waals surface area contributed by atoms with Crippen molar-refractivity contribution in [2.75, 3.05) is 5.73 Å². The van der Waals surface area contributed by atoms with Crippen molar-refractivity contribution in [2.45, 2.75) is 6.54 Å². The highest BCUT2D eigenvalue weighted by molar-refractivity contribution is 5.90. The summed E-state index contributed by atoms with van der Waals surface area (Å²) in [6, 6.07) is 13.5. The second-order valence-electron chi connectivity index (χ2n) is 5.58. The van der Waals surface area contributed by atoms with Crippen LogP contribution in [0.2, 0.25) is 0 Å². The zero-order chi connectivity index (χ0) is 18.1. The average molecular weight is 345 g/mol. The summed E-state index contributed by atoms with van der Waals surface area (Å²) in [5.74, 6) is -0.270. The maximum absolute atomic E-state index is 13.9. The van der Waals surface area contributed by atoms with E-state index in [-0.39, 0.29) is 24.0 Å². The molecule has 0 radical (unpaired) electrons. The molecule has 0 fully saturated rings. The first-order valence-corrected chi connectivity index (χ1v) is 7.75. The Kier molecular flexibility index (Phi) is 3.74. The zero-order valence-corrected chi connectivity index (χ0v) is 13.5. The largest absolute Gasteiger partial charge is 0.368 e. The first-order valence-electron chi connectivity index (χ1n) is 7.75. The lowest BCUT2D eigenvalue weighted by molar-refractivity contribution is 0.589. The number of hydrogen-bond acceptors (Lipinski definition) is 6. The molecule has 4 aromatic rings. The van der Waals surface area contributed by atoms with Crippen LogP contribution in [0.25, 0.3) is 22.4 Å². The number of fused-ring (bicyclic) bond motifs is 1. The molecule has 0 aliphatic heterocycles. The smallest absolute Gasteiger partial charge is 0.222 e. The number of anilines is 1. The molecule has 1 aromatic carbocycles. The lowest BCUT2D eigenvalue weighted by Gasteiger charge is -2.07. The standard InChI is InChI=1S/C18H12FN7/c19-14-6-2-1-4-11(14)10-26-17-13(9-22-26)16(24-18(21)25-17)15-7-3-5-12(8-20)23-15/h1-7,9H,10H2,(H2,21,24,25). The molecule has 0 bridgehead atoms. The lowest BCUT2D eigenvalue weighted by atomic mass is 10.2. The predicted molar refractivity (Wildman–Crippen MR) is 93.2 cm³/mol. The lowest BCUT2D eigenvalue weighted by Crippen LogP contribution is -2.06. The molecular weight excluding hydrogens is 333 g/mol. The summed E-state index contributed by atoms with van der Waals surface area (Å²) in [7, 11) is 0. The molecule has 0 unspecified atom stereocenters. The molecule has 7 nitrogen and oxygen atoms in total. The van der Waals surface area contributed by atoms with Gasteiger partial charge in [0, 0.05) is 5.56 Å². The number of rotatable bonds is 3. The van der Waals surface area contributed by atoms with E-state index in [2.05, 4.69) is 20.1 Å². The van der Waals surface area contributed by atoms with Crippen LogP contribution in [-0.4, -0.2) is 24.7 Å². The van der Waals surface area contributed by atoms with E-state index < -0.39 is 0 Å². The van der Waals surface area contributed by atoms with E-state index in [1.807, 2.05) is 6.07 Å². The van der Waals surface area contributed by atoms with Crippen molar-refractivity contribution < 1.29 is 4.39 Å². The maximum Gasteiger partial charge on any atom is 0.222 e. The number of nitriles is 1. The molecular formula is C18H12FN7. The second-order valence-corrected chi connectivity index (χ2v) is 5.58. The monoisotopic (exact) mass is 345 g/mol. The Hall–Kier alpha value is -3.86. The quantitative estimate of drug-likeness (QED) is 0.611. The van der Waals surface area contributed by atoms with Gasteiger partial charge in [-0.05, 0) is 18.2 Å². The molecule has 0 amide bonds. The van der Waals surface area contributed by atoms with Crippen molar-refractivity contribution in [3.05, 3.63) is 65.7 Å². The summed E-state index contributed by atoms with van der Waals surface area (Å²) >= 11 is 0. The number of hydrogen-bond donors (Lipinski definition) is 1. The van der Waals surface area contributed by atoms with Gasteiger partial charge in [-0.2, -0.15) is 15.3 Å². The van der Waals surface area contributed by atoms with E-state index in [0.717, 1.165) is 0 Å². The molecule has 0 spiro atoms. The van der Waals surface area contributed by atoms with Crippen LogP contribution in [0.3, 0.4) is 0 Å². The molecule has 0 saturated heterocycles. The van der Waals surface area contributed by atoms with Crippen LogP contribution in [0, 0.1) is 17.1 Å². The van der Waals surface area contributed by atoms with Crippen LogP contribution in [0.5, 0.6) is 0 Å². The van der Waals surface area contributed by atoms with Crippen LogP contribution in [0.4, 0.5) is 10.3 Å². The predicted octanol–water partition coefficient (Wildman–Crippen LogP) is 2.53. The fraction of sp³-hybridized carbons (Fsp3) is 0.0556. The number of nitrogen functional groups attached to an aromatic ring is 1. The number of benzene rings is 1. The number of pyridine rings is 1. The van der Waals surface area contributed by atoms with Crippen molar-refractivity contribution >= 4 is 17.0 Å². The van der Waals surface area contributed by atoms with Gasteiger partial charge in [0.25, 0.3) is 0 Å². The Morgan fingerprint density at radius 3 is 2.73 bits per heavy atom. The first kappa shape index (κ1) is 15.7. The Balaban J connectivity index is 1.86. The SMILES string of the molecule is N#Cc1cccc(-c2nc(N)nc3c2cnn3Cc2ccccc2F)n1. The van der Waals surface area contributed by atoms with Gasteiger partial charge in [0.1, 0.15) is 23.3 Å². The minimum absolute atomic E-state index is 0.0481. The third kappa shape index (κ3) is 2.71. The van der Waals surface area contributed by atoms with Gasteiger partial charge in [-0.25, -0.2) is 19.0 Å². The van der Waals surface area contributed by atoms with Gasteiger partial charge >= 0.3 is 0 Å². The Bertz CT molecular complexity index is 1160. The summed E-state index contributed by atoms with van der Waals surface area (Å²) in [4.78, 5) is 12.8. The van der Waals surface area contributed by atoms with E-state index in [9.17, 15) is 4.39 Å². The Morgan fingerprint density at radius 1 is 1.08 bits per heavy atom. The minimum Gasteiger partial charge on any atom is -0.368 e. The summed E-state index contributed by atoms with van der Waals surface area (Å²) in [6.45, 7) is 0.206. The highest BCUT2D eigenvalue weighted by Crippen LogP contribution is 2.26. The van der Waals surface area contributed by atoms with Gasteiger partial charge < -0.3 is 5.73 Å². The maximum atomic E-state index is 13.9. The van der Waals surface area contributed by atoms with Gasteiger partial charge in [0.15, 0.2) is 5.65 Å². The topological polar surface area (TPSA) is 106 Å². The zero-order valence-electron chi connectivity index (χ0n) is 13.5. The average Bonchev–Trinajstić information content (AvgIpc) is 3.05. The van der Waals surface area contributed by atoms with Gasteiger partial charge in [0.2, 0.25) is 5.95 Å². The third-order valence-electron chi connectivity index (χ3n) is 3.90. The van der Waals surface area contributed by atoms with Gasteiger partial charge in [-0.15, -0.1) is 0 Å². The molecule has 26 heavy (non-hydrogen) atoms. The van der Waals surface area contributed by atoms with Crippen molar-refractivity contribution in [3.8, 4) is 17.5 Å². The second kappa shape index (κ2) is 6.22. The molecule has 4 rings (SSSR count). The van der Waals surface area contributed by atoms with Crippen LogP contribution in [0.15, 0.2) is 48.7 Å². The van der Waals surface area contributed by atoms with Crippen molar-refractivity contribution in [1.82, 2.24) is 24.7 Å². The van der Waals surface area contributed by atoms with E-state index in [0.29, 0.717) is 28.0 Å². The fourth-order valence-corrected chi connectivity index (χ4v) is 2.70. The summed E-state index contributed by atoms with van der Waals surface area (Å²) in [6.07, 6.45) is 1.59. The molecule has 2 N–H and O–H groups in total. The summed E-state index contributed by atoms with van der Waals surface area (Å²) in [5, 5.41) is 14.0. The van der Waals surface area contributed by atoms with Gasteiger partial charge in [-0.1, -0.05) is 24.3 Å². The molecule has 126 valence electrons. The van der Waals surface area contributed by atoms with Crippen LogP contribution >= 0.6 is 0 Å². The molecule has 0 atom stereocenters. The minimum atomic E-state index is -0.318. The molecule has 0 aliphatic rings. The van der Waals surface area contributed by atoms with E-state index >= 15 is 0 Å². The van der Waals surface area contributed by atoms with Gasteiger partial charge in [0.05, 0.1) is 23.8 Å². The van der Waals surface area contributed by atoms with Gasteiger partial charge in [-0.3, -0.25) is 0 Å². The van der Waals surface area contributed by atoms with Crippen LogP contribution in [0.1, 0.15) is 11.3 Å². The molecule has 3 heterocycles. The third-order valence-corrected chi connectivity index (χ3v) is 3.90. The van der Waals surface area contributed by atoms with E-state index in [1.165, 1.54) is 6.07 Å². The Labute approximate surface area is 147 Å². The van der Waals surface area contributed by atoms with Crippen molar-refractivity contribution in [3.63, 3.8) is 0 Å². The molecule has 3 aromatic heterocycles. The van der Waals surface area contributed by atoms with E-state index in [4.69, 9.17) is 11.0 Å². The molecule has 0 aliphatic carbocycles. The number of aromatic nitrogens is 5. The van der Waals surface area contributed by atoms with Crippen LogP contribution in [-0.2, 0) is 6.54 Å².